The molecule has 0 spiro atoms. The number of rotatable bonds is 4. The number of benzene rings is 2. The number of methoxy groups -OCH3 is 1. The Bertz CT molecular complexity index is 892. The van der Waals surface area contributed by atoms with Crippen molar-refractivity contribution >= 4 is 34.3 Å². The molecule has 3 aromatic rings. The number of aryl methyl sites for hydroxylation is 1. The lowest BCUT2D eigenvalue weighted by molar-refractivity contribution is 0.251. The third-order valence-corrected chi connectivity index (χ3v) is 3.82. The Morgan fingerprint density at radius 3 is 2.88 bits per heavy atom. The topological polar surface area (TPSA) is 76.4 Å². The zero-order chi connectivity index (χ0) is 17.1. The first kappa shape index (κ1) is 16.1. The molecule has 0 bridgehead atoms. The summed E-state index contributed by atoms with van der Waals surface area (Å²) in [6.07, 6.45) is 0. The van der Waals surface area contributed by atoms with Gasteiger partial charge in [0.1, 0.15) is 11.4 Å². The van der Waals surface area contributed by atoms with Gasteiger partial charge in [-0.15, -0.1) is 0 Å². The third kappa shape index (κ3) is 3.44. The van der Waals surface area contributed by atoms with Gasteiger partial charge in [-0.05, 0) is 37.3 Å². The predicted octanol–water partition coefficient (Wildman–Crippen LogP) is 4.12. The number of nitrogens with zero attached hydrogens (tertiary/aromatic N) is 1. The second-order valence-corrected chi connectivity index (χ2v) is 5.69. The highest BCUT2D eigenvalue weighted by molar-refractivity contribution is 6.32. The molecule has 0 radical (unpaired) electrons. The highest BCUT2D eigenvalue weighted by atomic mass is 35.5. The van der Waals surface area contributed by atoms with E-state index in [2.05, 4.69) is 15.8 Å². The van der Waals surface area contributed by atoms with E-state index in [1.807, 2.05) is 25.1 Å². The highest BCUT2D eigenvalue weighted by Gasteiger charge is 2.10. The van der Waals surface area contributed by atoms with E-state index in [4.69, 9.17) is 20.9 Å². The van der Waals surface area contributed by atoms with Crippen LogP contribution in [-0.4, -0.2) is 18.3 Å². The van der Waals surface area contributed by atoms with Crippen molar-refractivity contribution in [1.82, 2.24) is 10.5 Å². The van der Waals surface area contributed by atoms with Crippen molar-refractivity contribution in [1.29, 1.82) is 0 Å². The quantitative estimate of drug-likeness (QED) is 0.745. The summed E-state index contributed by atoms with van der Waals surface area (Å²) in [5.41, 5.74) is 3.04. The molecular weight excluding hydrogens is 330 g/mol. The Kier molecular flexibility index (Phi) is 4.57. The molecule has 2 amide bonds. The van der Waals surface area contributed by atoms with Crippen molar-refractivity contribution in [3.8, 4) is 5.75 Å². The standard InChI is InChI=1S/C17H16ClN3O3/c1-10-3-5-15-12(7-10)14(21-24-15)9-19-17(22)20-11-4-6-16(23-2)13(18)8-11/h3-8H,9H2,1-2H3,(H2,19,20,22). The summed E-state index contributed by atoms with van der Waals surface area (Å²) in [5, 5.41) is 10.8. The van der Waals surface area contributed by atoms with Crippen LogP contribution in [0.2, 0.25) is 5.02 Å². The molecule has 0 unspecified atom stereocenters. The van der Waals surface area contributed by atoms with E-state index >= 15 is 0 Å². The smallest absolute Gasteiger partial charge is 0.319 e. The molecule has 0 saturated carbocycles. The molecule has 0 aliphatic rings. The number of anilines is 1. The number of hydrogen-bond donors (Lipinski definition) is 2. The third-order valence-electron chi connectivity index (χ3n) is 3.53. The van der Waals surface area contributed by atoms with E-state index in [9.17, 15) is 4.79 Å². The van der Waals surface area contributed by atoms with Crippen molar-refractivity contribution < 1.29 is 14.1 Å². The number of carbonyl (C=O) groups is 1. The molecule has 2 aromatic carbocycles. The van der Waals surface area contributed by atoms with Crippen molar-refractivity contribution in [3.63, 3.8) is 0 Å². The summed E-state index contributed by atoms with van der Waals surface area (Å²) in [5.74, 6) is 0.548. The summed E-state index contributed by atoms with van der Waals surface area (Å²) < 4.78 is 10.3. The molecule has 7 heteroatoms. The van der Waals surface area contributed by atoms with Crippen molar-refractivity contribution in [2.75, 3.05) is 12.4 Å². The summed E-state index contributed by atoms with van der Waals surface area (Å²) in [6, 6.07) is 10.4. The van der Waals surface area contributed by atoms with Crippen molar-refractivity contribution in [2.45, 2.75) is 13.5 Å². The summed E-state index contributed by atoms with van der Waals surface area (Å²) in [7, 11) is 1.53. The van der Waals surface area contributed by atoms with Crippen LogP contribution in [0.5, 0.6) is 5.75 Å². The minimum Gasteiger partial charge on any atom is -0.495 e. The van der Waals surface area contributed by atoms with E-state index in [0.717, 1.165) is 10.9 Å². The van der Waals surface area contributed by atoms with Gasteiger partial charge < -0.3 is 19.9 Å². The fourth-order valence-electron chi connectivity index (χ4n) is 2.31. The van der Waals surface area contributed by atoms with Crippen LogP contribution in [-0.2, 0) is 6.54 Å². The summed E-state index contributed by atoms with van der Waals surface area (Å²) in [4.78, 5) is 12.0. The first-order valence-electron chi connectivity index (χ1n) is 7.30. The number of carbonyl (C=O) groups excluding carboxylic acids is 1. The molecule has 24 heavy (non-hydrogen) atoms. The molecule has 1 aromatic heterocycles. The molecule has 0 fully saturated rings. The Balaban J connectivity index is 1.64. The zero-order valence-electron chi connectivity index (χ0n) is 13.2. The number of aromatic nitrogens is 1. The number of nitrogens with one attached hydrogen (secondary N) is 2. The highest BCUT2D eigenvalue weighted by Crippen LogP contribution is 2.27. The number of halogens is 1. The maximum absolute atomic E-state index is 12.0. The molecule has 6 nitrogen and oxygen atoms in total. The van der Waals surface area contributed by atoms with Crippen LogP contribution in [0.15, 0.2) is 40.9 Å². The van der Waals surface area contributed by atoms with E-state index < -0.39 is 0 Å². The van der Waals surface area contributed by atoms with E-state index in [-0.39, 0.29) is 12.6 Å². The first-order valence-corrected chi connectivity index (χ1v) is 7.68. The maximum Gasteiger partial charge on any atom is 0.319 e. The molecule has 3 rings (SSSR count). The van der Waals surface area contributed by atoms with Gasteiger partial charge in [-0.3, -0.25) is 0 Å². The van der Waals surface area contributed by atoms with Gasteiger partial charge in [-0.2, -0.15) is 0 Å². The lowest BCUT2D eigenvalue weighted by Crippen LogP contribution is -2.28. The molecular formula is C17H16ClN3O3. The fraction of sp³-hybridized carbons (Fsp3) is 0.176. The second kappa shape index (κ2) is 6.80. The number of amides is 2. The Labute approximate surface area is 143 Å². The lowest BCUT2D eigenvalue weighted by Gasteiger charge is -2.08. The van der Waals surface area contributed by atoms with E-state index in [1.54, 1.807) is 18.2 Å². The molecule has 0 saturated heterocycles. The van der Waals surface area contributed by atoms with Crippen molar-refractivity contribution in [2.24, 2.45) is 0 Å². The number of urea groups is 1. The molecule has 0 atom stereocenters. The second-order valence-electron chi connectivity index (χ2n) is 5.29. The average Bonchev–Trinajstić information content (AvgIpc) is 2.95. The van der Waals surface area contributed by atoms with Crippen molar-refractivity contribution in [3.05, 3.63) is 52.7 Å². The van der Waals surface area contributed by atoms with Gasteiger partial charge in [0.15, 0.2) is 5.58 Å². The zero-order valence-corrected chi connectivity index (χ0v) is 14.0. The number of fused-ring (bicyclic) bond motifs is 1. The lowest BCUT2D eigenvalue weighted by atomic mass is 10.1. The average molecular weight is 346 g/mol. The van der Waals surface area contributed by atoms with Gasteiger partial charge in [0.2, 0.25) is 0 Å². The van der Waals surface area contributed by atoms with E-state index in [0.29, 0.717) is 27.7 Å². The monoisotopic (exact) mass is 345 g/mol. The molecule has 124 valence electrons. The van der Waals surface area contributed by atoms with Crippen LogP contribution in [0, 0.1) is 6.92 Å². The van der Waals surface area contributed by atoms with E-state index in [1.165, 1.54) is 7.11 Å². The Morgan fingerprint density at radius 1 is 1.29 bits per heavy atom. The SMILES string of the molecule is COc1ccc(NC(=O)NCc2noc3ccc(C)cc23)cc1Cl. The normalized spacial score (nSPS) is 10.6. The van der Waals surface area contributed by atoms with Crippen LogP contribution >= 0.6 is 11.6 Å². The van der Waals surface area contributed by atoms with Gasteiger partial charge in [0.05, 0.1) is 18.7 Å². The maximum atomic E-state index is 12.0. The Hall–Kier alpha value is -2.73. The van der Waals surface area contributed by atoms with Gasteiger partial charge in [-0.1, -0.05) is 28.4 Å². The minimum absolute atomic E-state index is 0.256. The minimum atomic E-state index is -0.361. The van der Waals surface area contributed by atoms with Crippen LogP contribution < -0.4 is 15.4 Å². The first-order chi connectivity index (χ1) is 11.6. The van der Waals surface area contributed by atoms with Crippen LogP contribution in [0.25, 0.3) is 11.0 Å². The number of hydrogen-bond acceptors (Lipinski definition) is 4. The largest absolute Gasteiger partial charge is 0.495 e. The van der Waals surface area contributed by atoms with Gasteiger partial charge in [0.25, 0.3) is 0 Å². The van der Waals surface area contributed by atoms with Crippen LogP contribution in [0.4, 0.5) is 10.5 Å². The molecule has 0 aliphatic heterocycles. The summed E-state index contributed by atoms with van der Waals surface area (Å²) in [6.45, 7) is 2.25. The molecule has 0 aliphatic carbocycles. The van der Waals surface area contributed by atoms with Gasteiger partial charge in [-0.25, -0.2) is 4.79 Å². The molecule has 2 N–H and O–H groups in total. The molecule has 1 heterocycles. The predicted molar refractivity (Wildman–Crippen MR) is 92.6 cm³/mol. The Morgan fingerprint density at radius 2 is 2.12 bits per heavy atom. The summed E-state index contributed by atoms with van der Waals surface area (Å²) >= 11 is 6.03. The van der Waals surface area contributed by atoms with Gasteiger partial charge >= 0.3 is 6.03 Å². The fourth-order valence-corrected chi connectivity index (χ4v) is 2.57. The van der Waals surface area contributed by atoms with Crippen LogP contribution in [0.3, 0.4) is 0 Å². The van der Waals surface area contributed by atoms with Crippen LogP contribution in [0.1, 0.15) is 11.3 Å². The number of ether oxygens (including phenoxy) is 1. The van der Waals surface area contributed by atoms with Gasteiger partial charge in [0, 0.05) is 11.1 Å².